The molecule has 2 nitrogen and oxygen atoms in total. The number of carbonyl (C=O) groups is 1. The zero-order valence-electron chi connectivity index (χ0n) is 7.02. The largest absolute Gasteiger partial charge is 0.355 e. The van der Waals surface area contributed by atoms with Crippen LogP contribution in [0.2, 0.25) is 0 Å². The van der Waals surface area contributed by atoms with Gasteiger partial charge in [0, 0.05) is 10.6 Å². The Labute approximate surface area is 85.5 Å². The van der Waals surface area contributed by atoms with E-state index in [9.17, 15) is 4.79 Å². The maximum Gasteiger partial charge on any atom is 0.252 e. The Kier molecular flexibility index (Phi) is 3.08. The van der Waals surface area contributed by atoms with Crippen LogP contribution in [0.4, 0.5) is 0 Å². The molecule has 0 saturated carbocycles. The Morgan fingerprint density at radius 1 is 1.50 bits per heavy atom. The van der Waals surface area contributed by atoms with Crippen LogP contribution in [0.5, 0.6) is 0 Å². The predicted octanol–water partition coefficient (Wildman–Crippen LogP) is 1.96. The van der Waals surface area contributed by atoms with Crippen LogP contribution in [0.1, 0.15) is 15.9 Å². The highest BCUT2D eigenvalue weighted by Crippen LogP contribution is 2.15. The molecular weight excluding hydrogens is 265 g/mol. The van der Waals surface area contributed by atoms with Crippen LogP contribution >= 0.6 is 22.6 Å². The third-order valence-electron chi connectivity index (χ3n) is 1.68. The number of hydrogen-bond donors (Lipinski definition) is 1. The van der Waals surface area contributed by atoms with Crippen LogP contribution in [0.15, 0.2) is 18.2 Å². The van der Waals surface area contributed by atoms with Crippen molar-refractivity contribution >= 4 is 28.5 Å². The van der Waals surface area contributed by atoms with Gasteiger partial charge < -0.3 is 5.32 Å². The summed E-state index contributed by atoms with van der Waals surface area (Å²) in [4.78, 5) is 11.3. The van der Waals surface area contributed by atoms with Gasteiger partial charge in [0.15, 0.2) is 0 Å². The predicted molar refractivity (Wildman–Crippen MR) is 57.3 cm³/mol. The van der Waals surface area contributed by atoms with Crippen LogP contribution in [0.3, 0.4) is 0 Å². The summed E-state index contributed by atoms with van der Waals surface area (Å²) in [7, 11) is 1.64. The topological polar surface area (TPSA) is 29.1 Å². The number of halogens is 1. The van der Waals surface area contributed by atoms with E-state index < -0.39 is 0 Å². The van der Waals surface area contributed by atoms with Crippen molar-refractivity contribution in [3.8, 4) is 0 Å². The highest BCUT2D eigenvalue weighted by Gasteiger charge is 2.09. The molecular formula is C9H10INO. The van der Waals surface area contributed by atoms with E-state index in [1.54, 1.807) is 7.05 Å². The molecule has 1 N–H and O–H groups in total. The molecule has 0 aliphatic carbocycles. The first-order chi connectivity index (χ1) is 5.66. The fourth-order valence-corrected chi connectivity index (χ4v) is 1.92. The fourth-order valence-electron chi connectivity index (χ4n) is 1.04. The zero-order valence-corrected chi connectivity index (χ0v) is 9.18. The van der Waals surface area contributed by atoms with Gasteiger partial charge in [-0.25, -0.2) is 0 Å². The van der Waals surface area contributed by atoms with Gasteiger partial charge in [0.2, 0.25) is 0 Å². The number of carbonyl (C=O) groups excluding carboxylic acids is 1. The van der Waals surface area contributed by atoms with Gasteiger partial charge in [-0.3, -0.25) is 4.79 Å². The summed E-state index contributed by atoms with van der Waals surface area (Å²) in [6, 6.07) is 5.81. The van der Waals surface area contributed by atoms with Gasteiger partial charge in [0.1, 0.15) is 0 Å². The lowest BCUT2D eigenvalue weighted by Crippen LogP contribution is -2.20. The van der Waals surface area contributed by atoms with Crippen molar-refractivity contribution in [3.05, 3.63) is 32.9 Å². The van der Waals surface area contributed by atoms with Gasteiger partial charge in [0.25, 0.3) is 5.91 Å². The van der Waals surface area contributed by atoms with Crippen molar-refractivity contribution in [2.24, 2.45) is 0 Å². The number of aryl methyl sites for hydroxylation is 1. The molecule has 1 amide bonds. The second kappa shape index (κ2) is 3.89. The van der Waals surface area contributed by atoms with Crippen molar-refractivity contribution in [3.63, 3.8) is 0 Å². The monoisotopic (exact) mass is 275 g/mol. The molecule has 0 aliphatic rings. The van der Waals surface area contributed by atoms with Gasteiger partial charge in [0.05, 0.1) is 5.56 Å². The van der Waals surface area contributed by atoms with Crippen molar-refractivity contribution in [2.75, 3.05) is 7.05 Å². The van der Waals surface area contributed by atoms with Gasteiger partial charge in [-0.15, -0.1) is 0 Å². The smallest absolute Gasteiger partial charge is 0.252 e. The summed E-state index contributed by atoms with van der Waals surface area (Å²) in [5.41, 5.74) is 1.79. The second-order valence-corrected chi connectivity index (χ2v) is 3.67. The number of hydrogen-bond acceptors (Lipinski definition) is 1. The molecule has 0 aliphatic heterocycles. The molecule has 0 spiro atoms. The Hall–Kier alpha value is -0.580. The molecule has 0 fully saturated rings. The Morgan fingerprint density at radius 2 is 2.17 bits per heavy atom. The number of amides is 1. The molecule has 0 atom stereocenters. The molecule has 0 radical (unpaired) electrons. The van der Waals surface area contributed by atoms with Crippen LogP contribution in [-0.2, 0) is 0 Å². The molecule has 0 saturated heterocycles. The van der Waals surface area contributed by atoms with E-state index in [1.807, 2.05) is 25.1 Å². The zero-order chi connectivity index (χ0) is 9.14. The molecule has 0 heterocycles. The normalized spacial score (nSPS) is 9.58. The summed E-state index contributed by atoms with van der Waals surface area (Å²) >= 11 is 2.16. The summed E-state index contributed by atoms with van der Waals surface area (Å²) in [6.45, 7) is 1.94. The van der Waals surface area contributed by atoms with Crippen molar-refractivity contribution in [2.45, 2.75) is 6.92 Å². The van der Waals surface area contributed by atoms with E-state index in [2.05, 4.69) is 27.9 Å². The minimum Gasteiger partial charge on any atom is -0.355 e. The lowest BCUT2D eigenvalue weighted by Gasteiger charge is -2.05. The SMILES string of the molecule is CNC(=O)c1c(C)cccc1I. The molecule has 0 bridgehead atoms. The maximum absolute atomic E-state index is 11.3. The standard InChI is InChI=1S/C9H10INO/c1-6-4-3-5-7(10)8(6)9(12)11-2/h3-5H,1-2H3,(H,11,12). The molecule has 0 aromatic heterocycles. The van der Waals surface area contributed by atoms with Gasteiger partial charge in [-0.2, -0.15) is 0 Å². The van der Waals surface area contributed by atoms with E-state index in [0.29, 0.717) is 0 Å². The first-order valence-corrected chi connectivity index (χ1v) is 4.72. The van der Waals surface area contributed by atoms with Crippen molar-refractivity contribution in [1.82, 2.24) is 5.32 Å². The first kappa shape index (κ1) is 9.51. The molecule has 1 aromatic rings. The van der Waals surface area contributed by atoms with Crippen molar-refractivity contribution in [1.29, 1.82) is 0 Å². The van der Waals surface area contributed by atoms with Crippen molar-refractivity contribution < 1.29 is 4.79 Å². The van der Waals surface area contributed by atoms with E-state index in [0.717, 1.165) is 14.7 Å². The Bertz CT molecular complexity index is 289. The summed E-state index contributed by atoms with van der Waals surface area (Å²) < 4.78 is 0.993. The minimum atomic E-state index is -0.0162. The van der Waals surface area contributed by atoms with Gasteiger partial charge in [-0.05, 0) is 41.1 Å². The maximum atomic E-state index is 11.3. The van der Waals surface area contributed by atoms with E-state index in [1.165, 1.54) is 0 Å². The first-order valence-electron chi connectivity index (χ1n) is 3.64. The number of benzene rings is 1. The third-order valence-corrected chi connectivity index (χ3v) is 2.58. The van der Waals surface area contributed by atoms with Crippen LogP contribution in [-0.4, -0.2) is 13.0 Å². The van der Waals surface area contributed by atoms with Crippen LogP contribution in [0, 0.1) is 10.5 Å². The molecule has 1 aromatic carbocycles. The highest BCUT2D eigenvalue weighted by molar-refractivity contribution is 14.1. The lowest BCUT2D eigenvalue weighted by molar-refractivity contribution is 0.0961. The number of rotatable bonds is 1. The molecule has 3 heteroatoms. The highest BCUT2D eigenvalue weighted by atomic mass is 127. The van der Waals surface area contributed by atoms with Gasteiger partial charge >= 0.3 is 0 Å². The van der Waals surface area contributed by atoms with E-state index >= 15 is 0 Å². The minimum absolute atomic E-state index is 0.0162. The molecule has 0 unspecified atom stereocenters. The number of nitrogens with one attached hydrogen (secondary N) is 1. The lowest BCUT2D eigenvalue weighted by atomic mass is 10.1. The Balaban J connectivity index is 3.21. The average molecular weight is 275 g/mol. The Morgan fingerprint density at radius 3 is 2.67 bits per heavy atom. The quantitative estimate of drug-likeness (QED) is 0.780. The summed E-state index contributed by atoms with van der Waals surface area (Å²) in [6.07, 6.45) is 0. The van der Waals surface area contributed by atoms with Gasteiger partial charge in [-0.1, -0.05) is 12.1 Å². The molecule has 1 rings (SSSR count). The fraction of sp³-hybridized carbons (Fsp3) is 0.222. The van der Waals surface area contributed by atoms with E-state index in [-0.39, 0.29) is 5.91 Å². The average Bonchev–Trinajstić information content (AvgIpc) is 2.03. The molecule has 64 valence electrons. The second-order valence-electron chi connectivity index (χ2n) is 2.51. The van der Waals surface area contributed by atoms with Crippen LogP contribution < -0.4 is 5.32 Å². The molecule has 12 heavy (non-hydrogen) atoms. The van der Waals surface area contributed by atoms with E-state index in [4.69, 9.17) is 0 Å². The third kappa shape index (κ3) is 1.77. The summed E-state index contributed by atoms with van der Waals surface area (Å²) in [5.74, 6) is -0.0162. The van der Waals surface area contributed by atoms with Crippen LogP contribution in [0.25, 0.3) is 0 Å². The summed E-state index contributed by atoms with van der Waals surface area (Å²) in [5, 5.41) is 2.62.